The Morgan fingerprint density at radius 2 is 1.24 bits per heavy atom. The first kappa shape index (κ1) is 14.2. The SMILES string of the molecule is CC1(C)CCC(C)(C)c2cc3c(cc21)C(=O)CC(=O)C3=O. The van der Waals surface area contributed by atoms with E-state index in [1.807, 2.05) is 12.1 Å². The van der Waals surface area contributed by atoms with E-state index in [2.05, 4.69) is 27.7 Å². The first-order valence-electron chi connectivity index (χ1n) is 7.43. The highest BCUT2D eigenvalue weighted by atomic mass is 16.2. The maximum Gasteiger partial charge on any atom is 0.229 e. The number of hydrogen-bond donors (Lipinski definition) is 0. The van der Waals surface area contributed by atoms with Crippen LogP contribution < -0.4 is 0 Å². The predicted octanol–water partition coefficient (Wildman–Crippen LogP) is 3.37. The average Bonchev–Trinajstić information content (AvgIpc) is 2.40. The van der Waals surface area contributed by atoms with E-state index in [-0.39, 0.29) is 23.0 Å². The van der Waals surface area contributed by atoms with Crippen molar-refractivity contribution in [2.45, 2.75) is 57.8 Å². The molecule has 0 saturated carbocycles. The highest BCUT2D eigenvalue weighted by Gasteiger charge is 2.40. The van der Waals surface area contributed by atoms with Crippen molar-refractivity contribution in [3.63, 3.8) is 0 Å². The number of ketones is 3. The van der Waals surface area contributed by atoms with Crippen molar-refractivity contribution >= 4 is 17.3 Å². The number of fused-ring (bicyclic) bond motifs is 2. The molecule has 0 aliphatic heterocycles. The molecule has 0 radical (unpaired) electrons. The molecule has 0 aromatic heterocycles. The summed E-state index contributed by atoms with van der Waals surface area (Å²) in [7, 11) is 0. The number of hydrogen-bond acceptors (Lipinski definition) is 3. The molecule has 0 heterocycles. The molecule has 2 aliphatic rings. The van der Waals surface area contributed by atoms with Crippen molar-refractivity contribution in [2.75, 3.05) is 0 Å². The van der Waals surface area contributed by atoms with Gasteiger partial charge in [0, 0.05) is 11.1 Å². The van der Waals surface area contributed by atoms with Gasteiger partial charge in [0.2, 0.25) is 11.6 Å². The molecule has 0 spiro atoms. The summed E-state index contributed by atoms with van der Waals surface area (Å²) < 4.78 is 0. The van der Waals surface area contributed by atoms with Crippen molar-refractivity contribution in [1.29, 1.82) is 0 Å². The van der Waals surface area contributed by atoms with E-state index in [4.69, 9.17) is 0 Å². The van der Waals surface area contributed by atoms with Crippen LogP contribution >= 0.6 is 0 Å². The second kappa shape index (κ2) is 4.12. The van der Waals surface area contributed by atoms with Gasteiger partial charge in [0.05, 0.1) is 6.42 Å². The van der Waals surface area contributed by atoms with Gasteiger partial charge in [0.25, 0.3) is 0 Å². The Hall–Kier alpha value is -1.77. The van der Waals surface area contributed by atoms with E-state index < -0.39 is 11.6 Å². The molecule has 2 aliphatic carbocycles. The third-order valence-electron chi connectivity index (χ3n) is 5.11. The van der Waals surface area contributed by atoms with Gasteiger partial charge in [0.15, 0.2) is 5.78 Å². The van der Waals surface area contributed by atoms with Crippen LogP contribution in [0.2, 0.25) is 0 Å². The molecule has 0 amide bonds. The van der Waals surface area contributed by atoms with Crippen LogP contribution in [0.15, 0.2) is 12.1 Å². The third kappa shape index (κ3) is 1.98. The first-order valence-corrected chi connectivity index (χ1v) is 7.43. The summed E-state index contributed by atoms with van der Waals surface area (Å²) in [6.45, 7) is 8.66. The molecule has 3 nitrogen and oxygen atoms in total. The van der Waals surface area contributed by atoms with E-state index in [1.165, 1.54) is 0 Å². The molecule has 0 unspecified atom stereocenters. The van der Waals surface area contributed by atoms with Crippen LogP contribution in [0.1, 0.15) is 78.8 Å². The largest absolute Gasteiger partial charge is 0.294 e. The number of benzene rings is 1. The molecule has 0 atom stereocenters. The average molecular weight is 284 g/mol. The maximum atomic E-state index is 12.1. The van der Waals surface area contributed by atoms with Crippen molar-refractivity contribution in [1.82, 2.24) is 0 Å². The summed E-state index contributed by atoms with van der Waals surface area (Å²) in [4.78, 5) is 35.9. The van der Waals surface area contributed by atoms with Crippen LogP contribution in [0.25, 0.3) is 0 Å². The molecule has 3 rings (SSSR count). The lowest BCUT2D eigenvalue weighted by Crippen LogP contribution is -2.36. The van der Waals surface area contributed by atoms with Gasteiger partial charge in [-0.05, 0) is 46.9 Å². The second-order valence-electron chi connectivity index (χ2n) is 7.56. The first-order chi connectivity index (χ1) is 9.63. The minimum atomic E-state index is -0.583. The van der Waals surface area contributed by atoms with Gasteiger partial charge in [-0.2, -0.15) is 0 Å². The highest BCUT2D eigenvalue weighted by Crippen LogP contribution is 2.47. The third-order valence-corrected chi connectivity index (χ3v) is 5.11. The molecule has 1 aromatic rings. The Labute approximate surface area is 124 Å². The van der Waals surface area contributed by atoms with Gasteiger partial charge in [-0.3, -0.25) is 14.4 Å². The van der Waals surface area contributed by atoms with Gasteiger partial charge in [-0.1, -0.05) is 27.7 Å². The molecule has 1 aromatic carbocycles. The zero-order chi connectivity index (χ0) is 15.6. The Bertz CT molecular complexity index is 693. The zero-order valence-electron chi connectivity index (χ0n) is 13.0. The van der Waals surface area contributed by atoms with Crippen LogP contribution in [0.3, 0.4) is 0 Å². The van der Waals surface area contributed by atoms with Crippen LogP contribution in [0.5, 0.6) is 0 Å². The minimum absolute atomic E-state index is 0.00926. The fourth-order valence-corrected chi connectivity index (χ4v) is 3.50. The van der Waals surface area contributed by atoms with E-state index in [0.717, 1.165) is 24.0 Å². The van der Waals surface area contributed by atoms with Gasteiger partial charge in [-0.15, -0.1) is 0 Å². The van der Waals surface area contributed by atoms with Crippen molar-refractivity contribution in [2.24, 2.45) is 0 Å². The number of Topliss-reactive ketones (excluding diaryl/α,β-unsaturated/α-hetero) is 3. The van der Waals surface area contributed by atoms with Crippen molar-refractivity contribution in [3.8, 4) is 0 Å². The van der Waals surface area contributed by atoms with E-state index in [9.17, 15) is 14.4 Å². The molecule has 0 N–H and O–H groups in total. The van der Waals surface area contributed by atoms with Gasteiger partial charge in [0.1, 0.15) is 0 Å². The predicted molar refractivity (Wildman–Crippen MR) is 80.0 cm³/mol. The maximum absolute atomic E-state index is 12.1. The number of carbonyl (C=O) groups excluding carboxylic acids is 3. The molecular weight excluding hydrogens is 264 g/mol. The Morgan fingerprint density at radius 1 is 0.762 bits per heavy atom. The lowest BCUT2D eigenvalue weighted by Gasteiger charge is -2.42. The molecule has 110 valence electrons. The van der Waals surface area contributed by atoms with E-state index in [1.54, 1.807) is 0 Å². The summed E-state index contributed by atoms with van der Waals surface area (Å²) in [5, 5.41) is 0. The minimum Gasteiger partial charge on any atom is -0.294 e. The second-order valence-corrected chi connectivity index (χ2v) is 7.56. The lowest BCUT2D eigenvalue weighted by molar-refractivity contribution is -0.114. The van der Waals surface area contributed by atoms with Gasteiger partial charge in [-0.25, -0.2) is 0 Å². The summed E-state index contributed by atoms with van der Waals surface area (Å²) >= 11 is 0. The standard InChI is InChI=1S/C18H20O3/c1-17(2)5-6-18(3,4)13-8-11-10(7-12(13)17)14(19)9-15(20)16(11)21/h7-8H,5-6,9H2,1-4H3. The fourth-order valence-electron chi connectivity index (χ4n) is 3.50. The molecule has 3 heteroatoms. The van der Waals surface area contributed by atoms with Gasteiger partial charge < -0.3 is 0 Å². The monoisotopic (exact) mass is 284 g/mol. The molecule has 0 fully saturated rings. The summed E-state index contributed by atoms with van der Waals surface area (Å²) in [6.07, 6.45) is 1.79. The topological polar surface area (TPSA) is 51.2 Å². The molecule has 0 saturated heterocycles. The smallest absolute Gasteiger partial charge is 0.229 e. The lowest BCUT2D eigenvalue weighted by atomic mass is 9.62. The van der Waals surface area contributed by atoms with E-state index >= 15 is 0 Å². The van der Waals surface area contributed by atoms with E-state index in [0.29, 0.717) is 11.1 Å². The zero-order valence-corrected chi connectivity index (χ0v) is 13.0. The van der Waals surface area contributed by atoms with Crippen molar-refractivity contribution < 1.29 is 14.4 Å². The number of rotatable bonds is 0. The van der Waals surface area contributed by atoms with Crippen LogP contribution in [-0.4, -0.2) is 17.3 Å². The summed E-state index contributed by atoms with van der Waals surface area (Å²) in [5.74, 6) is -1.32. The fraction of sp³-hybridized carbons (Fsp3) is 0.500. The van der Waals surface area contributed by atoms with Crippen LogP contribution in [0, 0.1) is 0 Å². The van der Waals surface area contributed by atoms with Crippen LogP contribution in [-0.2, 0) is 15.6 Å². The Balaban J connectivity index is 2.32. The molecule has 21 heavy (non-hydrogen) atoms. The molecule has 0 bridgehead atoms. The van der Waals surface area contributed by atoms with Gasteiger partial charge >= 0.3 is 0 Å². The highest BCUT2D eigenvalue weighted by molar-refractivity contribution is 6.50. The summed E-state index contributed by atoms with van der Waals surface area (Å²) in [6, 6.07) is 3.68. The quantitative estimate of drug-likeness (QED) is 0.542. The number of carbonyl (C=O) groups is 3. The molecular formula is C18H20O3. The van der Waals surface area contributed by atoms with Crippen molar-refractivity contribution in [3.05, 3.63) is 34.4 Å². The summed E-state index contributed by atoms with van der Waals surface area (Å²) in [5.41, 5.74) is 2.94. The Morgan fingerprint density at radius 3 is 1.76 bits per heavy atom. The van der Waals surface area contributed by atoms with Crippen LogP contribution in [0.4, 0.5) is 0 Å². The Kier molecular flexibility index (Phi) is 2.78. The normalized spacial score (nSPS) is 22.8.